The Morgan fingerprint density at radius 1 is 1.15 bits per heavy atom. The Morgan fingerprint density at radius 3 is 2.48 bits per heavy atom. The van der Waals surface area contributed by atoms with Gasteiger partial charge in [0.25, 0.3) is 0 Å². The van der Waals surface area contributed by atoms with Gasteiger partial charge in [-0.2, -0.15) is 0 Å². The first-order chi connectivity index (χ1) is 15.6. The molecule has 2 rings (SSSR count). The van der Waals surface area contributed by atoms with Crippen molar-refractivity contribution in [3.63, 3.8) is 0 Å². The second kappa shape index (κ2) is 12.3. The monoisotopic (exact) mass is 456 g/mol. The predicted molar refractivity (Wildman–Crippen MR) is 138 cm³/mol. The molecule has 184 valence electrons. The van der Waals surface area contributed by atoms with Gasteiger partial charge in [-0.15, -0.1) is 0 Å². The van der Waals surface area contributed by atoms with Gasteiger partial charge in [-0.25, -0.2) is 0 Å². The number of hydrogen-bond donors (Lipinski definition) is 2. The van der Waals surface area contributed by atoms with Crippen LogP contribution in [0.15, 0.2) is 40.4 Å². The molecule has 4 nitrogen and oxygen atoms in total. The van der Waals surface area contributed by atoms with Crippen LogP contribution in [0.25, 0.3) is 11.0 Å². The van der Waals surface area contributed by atoms with Crippen molar-refractivity contribution in [1.29, 1.82) is 0 Å². The number of ether oxygens (including phenoxy) is 1. The number of aryl methyl sites for hydroxylation is 1. The Morgan fingerprint density at radius 2 is 1.85 bits per heavy atom. The van der Waals surface area contributed by atoms with Gasteiger partial charge in [-0.1, -0.05) is 51.5 Å². The van der Waals surface area contributed by atoms with Crippen LogP contribution in [0, 0.1) is 24.7 Å². The number of aromatic hydroxyl groups is 1. The third-order valence-corrected chi connectivity index (χ3v) is 6.69. The summed E-state index contributed by atoms with van der Waals surface area (Å²) >= 11 is 0. The quantitative estimate of drug-likeness (QED) is 0.318. The minimum atomic E-state index is -0.272. The van der Waals surface area contributed by atoms with Crippen molar-refractivity contribution in [2.24, 2.45) is 17.8 Å². The number of hydrogen-bond acceptors (Lipinski definition) is 4. The summed E-state index contributed by atoms with van der Waals surface area (Å²) in [4.78, 5) is 0. The maximum Gasteiger partial charge on any atom is 0.167 e. The third-order valence-electron chi connectivity index (χ3n) is 6.69. The Balaban J connectivity index is 1.94. The highest BCUT2D eigenvalue weighted by atomic mass is 16.5. The lowest BCUT2D eigenvalue weighted by Gasteiger charge is -2.19. The molecule has 0 saturated heterocycles. The molecular weight excluding hydrogens is 412 g/mol. The number of aliphatic hydroxyl groups is 1. The number of aliphatic hydroxyl groups excluding tert-OH is 1. The number of furan rings is 1. The second-order valence-electron chi connectivity index (χ2n) is 10.1. The molecule has 0 saturated carbocycles. The SMILES string of the molecule is C/C=C/[C@@H](C)[C@H](O)CC[C@H](C)/C=C(\C)C[C@@H](C)C[C@H](C)c1cc2cc(O)c(OC)c(C)c2o1. The summed E-state index contributed by atoms with van der Waals surface area (Å²) in [6, 6.07) is 3.76. The lowest BCUT2D eigenvalue weighted by Crippen LogP contribution is -2.16. The van der Waals surface area contributed by atoms with Gasteiger partial charge >= 0.3 is 0 Å². The van der Waals surface area contributed by atoms with Crippen LogP contribution < -0.4 is 4.74 Å². The zero-order chi connectivity index (χ0) is 24.7. The molecule has 1 heterocycles. The number of phenols is 1. The molecule has 33 heavy (non-hydrogen) atoms. The minimum Gasteiger partial charge on any atom is -0.504 e. The molecule has 0 spiro atoms. The Kier molecular flexibility index (Phi) is 10.1. The lowest BCUT2D eigenvalue weighted by molar-refractivity contribution is 0.122. The average Bonchev–Trinajstić information content (AvgIpc) is 3.16. The molecule has 1 aromatic carbocycles. The van der Waals surface area contributed by atoms with Crippen LogP contribution >= 0.6 is 0 Å². The first-order valence-corrected chi connectivity index (χ1v) is 12.3. The van der Waals surface area contributed by atoms with Crippen molar-refractivity contribution < 1.29 is 19.4 Å². The molecule has 0 aliphatic rings. The highest BCUT2D eigenvalue weighted by Gasteiger charge is 2.19. The minimum absolute atomic E-state index is 0.148. The van der Waals surface area contributed by atoms with E-state index in [0.717, 1.165) is 48.0 Å². The van der Waals surface area contributed by atoms with Crippen molar-refractivity contribution in [3.8, 4) is 11.5 Å². The molecule has 0 amide bonds. The van der Waals surface area contributed by atoms with E-state index in [1.807, 2.05) is 26.0 Å². The Hall–Kier alpha value is -2.20. The zero-order valence-electron chi connectivity index (χ0n) is 21.8. The van der Waals surface area contributed by atoms with Crippen LogP contribution in [0.4, 0.5) is 0 Å². The molecule has 0 unspecified atom stereocenters. The first-order valence-electron chi connectivity index (χ1n) is 12.3. The highest BCUT2D eigenvalue weighted by Crippen LogP contribution is 2.39. The van der Waals surface area contributed by atoms with Crippen molar-refractivity contribution in [1.82, 2.24) is 0 Å². The van der Waals surface area contributed by atoms with Gasteiger partial charge in [-0.05, 0) is 76.3 Å². The van der Waals surface area contributed by atoms with Crippen LogP contribution in [0.3, 0.4) is 0 Å². The Labute approximate surface area is 200 Å². The van der Waals surface area contributed by atoms with Crippen molar-refractivity contribution in [2.45, 2.75) is 86.2 Å². The number of allylic oxidation sites excluding steroid dienone is 3. The average molecular weight is 457 g/mol. The summed E-state index contributed by atoms with van der Waals surface area (Å²) in [5.74, 6) is 3.06. The molecular formula is C29H44O4. The van der Waals surface area contributed by atoms with Crippen LogP contribution in [0.5, 0.6) is 11.5 Å². The van der Waals surface area contributed by atoms with Gasteiger partial charge in [0.05, 0.1) is 13.2 Å². The number of benzene rings is 1. The van der Waals surface area contributed by atoms with Gasteiger partial charge in [0.2, 0.25) is 0 Å². The summed E-state index contributed by atoms with van der Waals surface area (Å²) in [7, 11) is 1.56. The van der Waals surface area contributed by atoms with Gasteiger partial charge < -0.3 is 19.4 Å². The first kappa shape index (κ1) is 27.0. The van der Waals surface area contributed by atoms with E-state index in [-0.39, 0.29) is 23.7 Å². The van der Waals surface area contributed by atoms with E-state index in [4.69, 9.17) is 9.15 Å². The summed E-state index contributed by atoms with van der Waals surface area (Å²) in [6.07, 6.45) is 10.1. The van der Waals surface area contributed by atoms with Crippen LogP contribution in [-0.2, 0) is 0 Å². The van der Waals surface area contributed by atoms with Gasteiger partial charge in [0.15, 0.2) is 11.5 Å². The molecule has 4 heteroatoms. The fourth-order valence-corrected chi connectivity index (χ4v) is 4.95. The lowest BCUT2D eigenvalue weighted by atomic mass is 9.89. The van der Waals surface area contributed by atoms with Gasteiger partial charge in [-0.3, -0.25) is 0 Å². The van der Waals surface area contributed by atoms with Gasteiger partial charge in [0, 0.05) is 16.9 Å². The van der Waals surface area contributed by atoms with Crippen LogP contribution in [0.2, 0.25) is 0 Å². The molecule has 2 aromatic rings. The maximum atomic E-state index is 10.3. The molecule has 0 fully saturated rings. The summed E-state index contributed by atoms with van der Waals surface area (Å²) in [6.45, 7) is 14.9. The fraction of sp³-hybridized carbons (Fsp3) is 0.586. The van der Waals surface area contributed by atoms with E-state index in [1.54, 1.807) is 13.2 Å². The van der Waals surface area contributed by atoms with Gasteiger partial charge in [0.1, 0.15) is 11.3 Å². The fourth-order valence-electron chi connectivity index (χ4n) is 4.95. The molecule has 5 atom stereocenters. The number of phenolic OH excluding ortho intramolecular Hbond substituents is 1. The predicted octanol–water partition coefficient (Wildman–Crippen LogP) is 7.91. The van der Waals surface area contributed by atoms with E-state index < -0.39 is 0 Å². The van der Waals surface area contributed by atoms with Crippen molar-refractivity contribution in [3.05, 3.63) is 47.3 Å². The van der Waals surface area contributed by atoms with E-state index in [9.17, 15) is 10.2 Å². The van der Waals surface area contributed by atoms with E-state index >= 15 is 0 Å². The van der Waals surface area contributed by atoms with E-state index in [2.05, 4.69) is 46.8 Å². The smallest absolute Gasteiger partial charge is 0.167 e. The normalized spacial score (nSPS) is 17.3. The third kappa shape index (κ3) is 7.40. The number of fused-ring (bicyclic) bond motifs is 1. The summed E-state index contributed by atoms with van der Waals surface area (Å²) < 4.78 is 11.5. The standard InChI is InChI=1S/C29H44O4/c1-9-10-21(5)25(30)12-11-18(2)13-19(3)14-20(4)15-22(6)27-17-24-16-26(31)29(32-8)23(7)28(24)33-27/h9-10,13,16-18,20-22,25,30-31H,11-12,14-15H2,1-8H3/b10-9+,19-13+/t18-,20+,21+,22-,25+/m0/s1. The largest absolute Gasteiger partial charge is 0.504 e. The topological polar surface area (TPSA) is 62.8 Å². The van der Waals surface area contributed by atoms with E-state index in [0.29, 0.717) is 17.6 Å². The molecule has 0 bridgehead atoms. The maximum absolute atomic E-state index is 10.3. The summed E-state index contributed by atoms with van der Waals surface area (Å²) in [5, 5.41) is 21.4. The van der Waals surface area contributed by atoms with Crippen molar-refractivity contribution in [2.75, 3.05) is 7.11 Å². The van der Waals surface area contributed by atoms with E-state index in [1.165, 1.54) is 5.57 Å². The number of rotatable bonds is 12. The molecule has 0 aliphatic heterocycles. The molecule has 2 N–H and O–H groups in total. The zero-order valence-corrected chi connectivity index (χ0v) is 21.8. The van der Waals surface area contributed by atoms with Crippen LogP contribution in [0.1, 0.15) is 84.5 Å². The second-order valence-corrected chi connectivity index (χ2v) is 10.1. The van der Waals surface area contributed by atoms with Crippen LogP contribution in [-0.4, -0.2) is 23.4 Å². The number of methoxy groups -OCH3 is 1. The highest BCUT2D eigenvalue weighted by molar-refractivity contribution is 5.85. The molecule has 0 aliphatic carbocycles. The molecule has 1 aromatic heterocycles. The van der Waals surface area contributed by atoms with Crippen molar-refractivity contribution >= 4 is 11.0 Å². The Bertz CT molecular complexity index is 952. The summed E-state index contributed by atoms with van der Waals surface area (Å²) in [5.41, 5.74) is 3.03. The molecule has 0 radical (unpaired) electrons.